The van der Waals surface area contributed by atoms with E-state index in [-0.39, 0.29) is 12.8 Å². The molecular formula is C13H20F3NO. The summed E-state index contributed by atoms with van der Waals surface area (Å²) in [5, 5.41) is 19.7. The second-order valence-corrected chi connectivity index (χ2v) is 5.78. The number of halogens is 3. The van der Waals surface area contributed by atoms with E-state index in [0.717, 1.165) is 6.42 Å². The van der Waals surface area contributed by atoms with Gasteiger partial charge < -0.3 is 5.11 Å². The van der Waals surface area contributed by atoms with Crippen LogP contribution in [0.5, 0.6) is 0 Å². The maximum absolute atomic E-state index is 12.1. The molecule has 1 rings (SSSR count). The van der Waals surface area contributed by atoms with Crippen molar-refractivity contribution in [3.63, 3.8) is 0 Å². The van der Waals surface area contributed by atoms with Gasteiger partial charge in [-0.15, -0.1) is 0 Å². The lowest BCUT2D eigenvalue weighted by Crippen LogP contribution is -2.43. The summed E-state index contributed by atoms with van der Waals surface area (Å²) in [6.07, 6.45) is -3.21. The zero-order chi connectivity index (χ0) is 14.0. The van der Waals surface area contributed by atoms with E-state index in [2.05, 4.69) is 6.07 Å². The van der Waals surface area contributed by atoms with Gasteiger partial charge in [0.25, 0.3) is 0 Å². The van der Waals surface area contributed by atoms with Gasteiger partial charge in [0.1, 0.15) is 0 Å². The standard InChI is InChI=1S/C13H20F3NO/c1-10-4-7-12(8-10,9-17)11(2,18)5-3-6-13(14,15)16/h10,18H,3-8H2,1-2H3. The van der Waals surface area contributed by atoms with Gasteiger partial charge >= 0.3 is 6.18 Å². The molecule has 0 saturated heterocycles. The Morgan fingerprint density at radius 3 is 2.39 bits per heavy atom. The van der Waals surface area contributed by atoms with Crippen molar-refractivity contribution in [3.8, 4) is 6.07 Å². The summed E-state index contributed by atoms with van der Waals surface area (Å²) >= 11 is 0. The predicted octanol–water partition coefficient (Wildman–Crippen LogP) is 3.80. The SMILES string of the molecule is CC1CCC(C#N)(C(C)(O)CCCC(F)(F)F)C1. The fourth-order valence-corrected chi connectivity index (χ4v) is 2.88. The zero-order valence-electron chi connectivity index (χ0n) is 10.8. The molecule has 0 aromatic carbocycles. The van der Waals surface area contributed by atoms with Crippen LogP contribution < -0.4 is 0 Å². The highest BCUT2D eigenvalue weighted by Crippen LogP contribution is 2.50. The molecule has 0 aromatic rings. The molecule has 1 fully saturated rings. The first-order valence-electron chi connectivity index (χ1n) is 6.32. The Hall–Kier alpha value is -0.760. The first-order valence-corrected chi connectivity index (χ1v) is 6.32. The van der Waals surface area contributed by atoms with E-state index in [9.17, 15) is 23.5 Å². The van der Waals surface area contributed by atoms with Gasteiger partial charge in [0.05, 0.1) is 17.1 Å². The van der Waals surface area contributed by atoms with Crippen LogP contribution in [-0.4, -0.2) is 16.9 Å². The van der Waals surface area contributed by atoms with E-state index in [1.165, 1.54) is 6.92 Å². The molecule has 3 unspecified atom stereocenters. The number of hydrogen-bond acceptors (Lipinski definition) is 2. The Morgan fingerprint density at radius 2 is 2.00 bits per heavy atom. The number of rotatable bonds is 4. The molecule has 1 aliphatic carbocycles. The molecule has 0 amide bonds. The molecule has 0 bridgehead atoms. The van der Waals surface area contributed by atoms with E-state index in [1.807, 2.05) is 6.92 Å². The third-order valence-corrected chi connectivity index (χ3v) is 4.13. The molecule has 1 N–H and O–H groups in total. The summed E-state index contributed by atoms with van der Waals surface area (Å²) in [6, 6.07) is 2.16. The lowest BCUT2D eigenvalue weighted by Gasteiger charge is -2.37. The second kappa shape index (κ2) is 5.08. The Morgan fingerprint density at radius 1 is 1.39 bits per heavy atom. The Labute approximate surface area is 106 Å². The van der Waals surface area contributed by atoms with Crippen molar-refractivity contribution in [2.45, 2.75) is 64.1 Å². The van der Waals surface area contributed by atoms with Gasteiger partial charge in [0.2, 0.25) is 0 Å². The Kier molecular flexibility index (Phi) is 4.32. The van der Waals surface area contributed by atoms with E-state index < -0.39 is 23.6 Å². The molecule has 104 valence electrons. The molecule has 1 aliphatic rings. The molecule has 2 nitrogen and oxygen atoms in total. The first kappa shape index (κ1) is 15.3. The normalized spacial score (nSPS) is 31.9. The molecule has 0 aromatic heterocycles. The average Bonchev–Trinajstić information content (AvgIpc) is 2.59. The summed E-state index contributed by atoms with van der Waals surface area (Å²) in [6.45, 7) is 3.51. The van der Waals surface area contributed by atoms with Crippen molar-refractivity contribution in [1.29, 1.82) is 5.26 Å². The zero-order valence-corrected chi connectivity index (χ0v) is 10.8. The minimum Gasteiger partial charge on any atom is -0.389 e. The second-order valence-electron chi connectivity index (χ2n) is 5.78. The van der Waals surface area contributed by atoms with Crippen molar-refractivity contribution in [2.75, 3.05) is 0 Å². The number of nitrogens with zero attached hydrogens (tertiary/aromatic N) is 1. The lowest BCUT2D eigenvalue weighted by atomic mass is 9.69. The van der Waals surface area contributed by atoms with E-state index in [0.29, 0.717) is 18.8 Å². The molecule has 0 spiro atoms. The topological polar surface area (TPSA) is 44.0 Å². The van der Waals surface area contributed by atoms with Crippen molar-refractivity contribution in [2.24, 2.45) is 11.3 Å². The van der Waals surface area contributed by atoms with Crippen LogP contribution in [-0.2, 0) is 0 Å². The van der Waals surface area contributed by atoms with Crippen molar-refractivity contribution < 1.29 is 18.3 Å². The lowest BCUT2D eigenvalue weighted by molar-refractivity contribution is -0.140. The van der Waals surface area contributed by atoms with Crippen molar-refractivity contribution in [1.82, 2.24) is 0 Å². The van der Waals surface area contributed by atoms with Crippen LogP contribution in [0, 0.1) is 22.7 Å². The van der Waals surface area contributed by atoms with Gasteiger partial charge in [0, 0.05) is 6.42 Å². The fourth-order valence-electron chi connectivity index (χ4n) is 2.88. The summed E-state index contributed by atoms with van der Waals surface area (Å²) in [7, 11) is 0. The largest absolute Gasteiger partial charge is 0.389 e. The van der Waals surface area contributed by atoms with Crippen LogP contribution in [0.4, 0.5) is 13.2 Å². The summed E-state index contributed by atoms with van der Waals surface area (Å²) in [5.41, 5.74) is -2.21. The van der Waals surface area contributed by atoms with E-state index in [4.69, 9.17) is 0 Å². The number of aliphatic hydroxyl groups is 1. The van der Waals surface area contributed by atoms with Gasteiger partial charge in [-0.3, -0.25) is 0 Å². The van der Waals surface area contributed by atoms with Crippen LogP contribution in [0.1, 0.15) is 52.4 Å². The summed E-state index contributed by atoms with van der Waals surface area (Å²) < 4.78 is 36.3. The maximum Gasteiger partial charge on any atom is 0.389 e. The van der Waals surface area contributed by atoms with E-state index >= 15 is 0 Å². The van der Waals surface area contributed by atoms with Crippen LogP contribution in [0.3, 0.4) is 0 Å². The van der Waals surface area contributed by atoms with Crippen LogP contribution in [0.25, 0.3) is 0 Å². The van der Waals surface area contributed by atoms with Crippen molar-refractivity contribution >= 4 is 0 Å². The molecule has 0 aliphatic heterocycles. The Bertz CT molecular complexity index is 332. The number of hydrogen-bond donors (Lipinski definition) is 1. The first-order chi connectivity index (χ1) is 8.12. The highest BCUT2D eigenvalue weighted by Gasteiger charge is 2.51. The molecule has 3 atom stereocenters. The monoisotopic (exact) mass is 263 g/mol. The third kappa shape index (κ3) is 3.38. The number of nitriles is 1. The molecular weight excluding hydrogens is 243 g/mol. The molecule has 0 radical (unpaired) electrons. The van der Waals surface area contributed by atoms with Gasteiger partial charge in [-0.2, -0.15) is 18.4 Å². The highest BCUT2D eigenvalue weighted by atomic mass is 19.4. The maximum atomic E-state index is 12.1. The summed E-state index contributed by atoms with van der Waals surface area (Å²) in [5.74, 6) is 0.346. The van der Waals surface area contributed by atoms with Gasteiger partial charge in [-0.25, -0.2) is 0 Å². The molecule has 5 heteroatoms. The summed E-state index contributed by atoms with van der Waals surface area (Å²) in [4.78, 5) is 0. The van der Waals surface area contributed by atoms with Gasteiger partial charge in [0.15, 0.2) is 0 Å². The molecule has 1 saturated carbocycles. The van der Waals surface area contributed by atoms with Crippen LogP contribution >= 0.6 is 0 Å². The minimum atomic E-state index is -4.20. The average molecular weight is 263 g/mol. The van der Waals surface area contributed by atoms with Gasteiger partial charge in [-0.1, -0.05) is 6.92 Å². The molecule has 18 heavy (non-hydrogen) atoms. The fraction of sp³-hybridized carbons (Fsp3) is 0.923. The van der Waals surface area contributed by atoms with Crippen LogP contribution in [0.15, 0.2) is 0 Å². The quantitative estimate of drug-likeness (QED) is 0.838. The van der Waals surface area contributed by atoms with Crippen LogP contribution in [0.2, 0.25) is 0 Å². The van der Waals surface area contributed by atoms with Gasteiger partial charge in [-0.05, 0) is 44.9 Å². The Balaban J connectivity index is 2.65. The smallest absolute Gasteiger partial charge is 0.389 e. The third-order valence-electron chi connectivity index (χ3n) is 4.13. The van der Waals surface area contributed by atoms with Crippen molar-refractivity contribution in [3.05, 3.63) is 0 Å². The minimum absolute atomic E-state index is 0.0206. The van der Waals surface area contributed by atoms with E-state index in [1.54, 1.807) is 0 Å². The number of alkyl halides is 3. The highest BCUT2D eigenvalue weighted by molar-refractivity contribution is 5.13. The molecule has 0 heterocycles. The predicted molar refractivity (Wildman–Crippen MR) is 61.6 cm³/mol.